The summed E-state index contributed by atoms with van der Waals surface area (Å²) in [6, 6.07) is 0. The first-order valence-electron chi connectivity index (χ1n) is 4.67. The van der Waals surface area contributed by atoms with Gasteiger partial charge >= 0.3 is 0 Å². The minimum atomic E-state index is 0.0967. The summed E-state index contributed by atoms with van der Waals surface area (Å²) >= 11 is 0. The molecule has 2 bridgehead atoms. The highest BCUT2D eigenvalue weighted by atomic mass is 16.1. The van der Waals surface area contributed by atoms with E-state index in [4.69, 9.17) is 5.73 Å². The van der Waals surface area contributed by atoms with Gasteiger partial charge in [-0.05, 0) is 25.7 Å². The normalized spacial score (nSPS) is 42.8. The van der Waals surface area contributed by atoms with Gasteiger partial charge in [0.15, 0.2) is 0 Å². The van der Waals surface area contributed by atoms with E-state index in [1.807, 2.05) is 6.92 Å². The summed E-state index contributed by atoms with van der Waals surface area (Å²) in [6.07, 6.45) is 4.56. The van der Waals surface area contributed by atoms with Crippen molar-refractivity contribution in [2.75, 3.05) is 0 Å². The number of nitrogens with two attached hydrogens (primary N) is 1. The average Bonchev–Trinajstić information content (AvgIpc) is 1.82. The van der Waals surface area contributed by atoms with Crippen molar-refractivity contribution in [1.82, 2.24) is 5.32 Å². The zero-order valence-corrected chi connectivity index (χ0v) is 7.52. The van der Waals surface area contributed by atoms with E-state index >= 15 is 0 Å². The highest BCUT2D eigenvalue weighted by Gasteiger charge is 2.66. The maximum atomic E-state index is 11.2. The third kappa shape index (κ3) is 1.04. The van der Waals surface area contributed by atoms with Crippen molar-refractivity contribution in [2.24, 2.45) is 5.73 Å². The first kappa shape index (κ1) is 8.05. The molecule has 3 N–H and O–H groups in total. The molecule has 0 saturated heterocycles. The third-order valence-corrected chi connectivity index (χ3v) is 2.95. The molecule has 3 saturated carbocycles. The van der Waals surface area contributed by atoms with Gasteiger partial charge in [0, 0.05) is 17.5 Å². The van der Waals surface area contributed by atoms with Crippen LogP contribution in [0.25, 0.3) is 0 Å². The van der Waals surface area contributed by atoms with Crippen LogP contribution in [-0.4, -0.2) is 17.0 Å². The van der Waals surface area contributed by atoms with E-state index in [0.29, 0.717) is 6.42 Å². The van der Waals surface area contributed by atoms with Crippen LogP contribution in [0.2, 0.25) is 0 Å². The number of rotatable bonds is 3. The second kappa shape index (κ2) is 2.22. The zero-order chi connectivity index (χ0) is 8.82. The summed E-state index contributed by atoms with van der Waals surface area (Å²) in [4.78, 5) is 11.2. The van der Waals surface area contributed by atoms with E-state index in [1.54, 1.807) is 0 Å². The lowest BCUT2D eigenvalue weighted by Gasteiger charge is -2.68. The Bertz CT molecular complexity index is 205. The van der Waals surface area contributed by atoms with Crippen molar-refractivity contribution in [3.8, 4) is 0 Å². The number of carbonyl (C=O) groups excluding carboxylic acids is 1. The summed E-state index contributed by atoms with van der Waals surface area (Å²) in [5.74, 6) is 0.194. The van der Waals surface area contributed by atoms with Crippen molar-refractivity contribution in [3.63, 3.8) is 0 Å². The summed E-state index contributed by atoms with van der Waals surface area (Å²) < 4.78 is 0. The predicted molar refractivity (Wildman–Crippen MR) is 46.6 cm³/mol. The van der Waals surface area contributed by atoms with Gasteiger partial charge in [0.05, 0.1) is 0 Å². The van der Waals surface area contributed by atoms with E-state index in [9.17, 15) is 4.79 Å². The Balaban J connectivity index is 1.79. The van der Waals surface area contributed by atoms with Crippen LogP contribution in [-0.2, 0) is 4.79 Å². The largest absolute Gasteiger partial charge is 0.350 e. The van der Waals surface area contributed by atoms with Crippen LogP contribution < -0.4 is 11.1 Å². The first-order chi connectivity index (χ1) is 5.58. The molecule has 3 nitrogen and oxygen atoms in total. The maximum absolute atomic E-state index is 11.2. The molecule has 3 aliphatic carbocycles. The minimum absolute atomic E-state index is 0.0967. The monoisotopic (exact) mass is 168 g/mol. The molecule has 0 aromatic rings. The fourth-order valence-corrected chi connectivity index (χ4v) is 2.58. The van der Waals surface area contributed by atoms with E-state index in [0.717, 1.165) is 25.7 Å². The summed E-state index contributed by atoms with van der Waals surface area (Å²) in [5, 5.41) is 3.07. The second-order valence-corrected chi connectivity index (χ2v) is 4.47. The van der Waals surface area contributed by atoms with Crippen LogP contribution in [0, 0.1) is 0 Å². The summed E-state index contributed by atoms with van der Waals surface area (Å²) in [6.45, 7) is 2.02. The minimum Gasteiger partial charge on any atom is -0.350 e. The molecule has 0 aromatic carbocycles. The highest BCUT2D eigenvalue weighted by molar-refractivity contribution is 5.77. The van der Waals surface area contributed by atoms with Gasteiger partial charge in [-0.3, -0.25) is 4.79 Å². The highest BCUT2D eigenvalue weighted by Crippen LogP contribution is 2.58. The van der Waals surface area contributed by atoms with E-state index in [-0.39, 0.29) is 17.0 Å². The molecule has 0 heterocycles. The summed E-state index contributed by atoms with van der Waals surface area (Å²) in [5.41, 5.74) is 6.09. The fourth-order valence-electron chi connectivity index (χ4n) is 2.58. The molecule has 0 spiro atoms. The van der Waals surface area contributed by atoms with Gasteiger partial charge in [0.25, 0.3) is 0 Å². The molecule has 0 unspecified atom stereocenters. The smallest absolute Gasteiger partial charge is 0.220 e. The predicted octanol–water partition coefficient (Wildman–Crippen LogP) is 0.537. The topological polar surface area (TPSA) is 55.1 Å². The quantitative estimate of drug-likeness (QED) is 0.646. The molecule has 68 valence electrons. The van der Waals surface area contributed by atoms with Gasteiger partial charge in [-0.25, -0.2) is 0 Å². The van der Waals surface area contributed by atoms with Gasteiger partial charge in [0.2, 0.25) is 5.91 Å². The molecule has 3 aliphatic rings. The molecule has 0 aliphatic heterocycles. The van der Waals surface area contributed by atoms with E-state index in [1.165, 1.54) is 0 Å². The number of nitrogens with one attached hydrogen (secondary N) is 1. The van der Waals surface area contributed by atoms with Crippen molar-refractivity contribution >= 4 is 5.91 Å². The maximum Gasteiger partial charge on any atom is 0.220 e. The van der Waals surface area contributed by atoms with Crippen molar-refractivity contribution in [3.05, 3.63) is 0 Å². The summed E-state index contributed by atoms with van der Waals surface area (Å²) in [7, 11) is 0. The van der Waals surface area contributed by atoms with Gasteiger partial charge < -0.3 is 11.1 Å². The molecule has 0 radical (unpaired) electrons. The van der Waals surface area contributed by atoms with Crippen LogP contribution >= 0.6 is 0 Å². The molecule has 3 fully saturated rings. The Labute approximate surface area is 72.7 Å². The molecule has 0 atom stereocenters. The number of hydrogen-bond donors (Lipinski definition) is 2. The molecule has 3 heteroatoms. The fraction of sp³-hybridized carbons (Fsp3) is 0.889. The molecule has 12 heavy (non-hydrogen) atoms. The number of amides is 1. The second-order valence-electron chi connectivity index (χ2n) is 4.47. The van der Waals surface area contributed by atoms with Crippen LogP contribution in [0.4, 0.5) is 0 Å². The number of hydrogen-bond acceptors (Lipinski definition) is 2. The van der Waals surface area contributed by atoms with E-state index < -0.39 is 0 Å². The van der Waals surface area contributed by atoms with Crippen molar-refractivity contribution in [2.45, 2.75) is 50.1 Å². The first-order valence-corrected chi connectivity index (χ1v) is 4.67. The van der Waals surface area contributed by atoms with Gasteiger partial charge in [-0.15, -0.1) is 0 Å². The zero-order valence-electron chi connectivity index (χ0n) is 7.52. The standard InChI is InChI=1S/C9H16N2O/c1-2-3-7(12)11-9-4-8(10,5-9)6-9/h2-6,10H2,1H3,(H,11,12). The van der Waals surface area contributed by atoms with E-state index in [2.05, 4.69) is 5.32 Å². The Morgan fingerprint density at radius 3 is 2.50 bits per heavy atom. The number of carbonyl (C=O) groups is 1. The molecular weight excluding hydrogens is 152 g/mol. The average molecular weight is 168 g/mol. The lowest BCUT2D eigenvalue weighted by Crippen LogP contribution is -2.82. The Hall–Kier alpha value is -0.570. The van der Waals surface area contributed by atoms with Crippen LogP contribution in [0.15, 0.2) is 0 Å². The molecule has 1 amide bonds. The SMILES string of the molecule is CCCC(=O)NC12CC(N)(C1)C2. The van der Waals surface area contributed by atoms with Gasteiger partial charge in [-0.1, -0.05) is 6.92 Å². The third-order valence-electron chi connectivity index (χ3n) is 2.95. The van der Waals surface area contributed by atoms with Gasteiger partial charge in [-0.2, -0.15) is 0 Å². The Kier molecular flexibility index (Phi) is 1.49. The lowest BCUT2D eigenvalue weighted by atomic mass is 9.44. The Morgan fingerprint density at radius 2 is 2.08 bits per heavy atom. The van der Waals surface area contributed by atoms with Crippen LogP contribution in [0.5, 0.6) is 0 Å². The van der Waals surface area contributed by atoms with Crippen molar-refractivity contribution in [1.29, 1.82) is 0 Å². The molecular formula is C9H16N2O. The van der Waals surface area contributed by atoms with Crippen LogP contribution in [0.1, 0.15) is 39.0 Å². The Morgan fingerprint density at radius 1 is 1.50 bits per heavy atom. The lowest BCUT2D eigenvalue weighted by molar-refractivity contribution is -0.136. The van der Waals surface area contributed by atoms with Crippen LogP contribution in [0.3, 0.4) is 0 Å². The molecule has 0 aromatic heterocycles. The molecule has 3 rings (SSSR count). The van der Waals surface area contributed by atoms with Crippen molar-refractivity contribution < 1.29 is 4.79 Å². The van der Waals surface area contributed by atoms with Gasteiger partial charge in [0.1, 0.15) is 0 Å².